The van der Waals surface area contributed by atoms with E-state index in [0.29, 0.717) is 12.2 Å². The number of hydrogen-bond donors (Lipinski definition) is 1. The monoisotopic (exact) mass is 403 g/mol. The van der Waals surface area contributed by atoms with Gasteiger partial charge in [-0.25, -0.2) is 8.42 Å². The molecule has 0 heterocycles. The van der Waals surface area contributed by atoms with Crippen LogP contribution in [-0.4, -0.2) is 27.2 Å². The Labute approximate surface area is 168 Å². The van der Waals surface area contributed by atoms with E-state index >= 15 is 0 Å². The number of carbonyl (C=O) groups is 1. The minimum absolute atomic E-state index is 0.0664. The second-order valence-electron chi connectivity index (χ2n) is 7.93. The van der Waals surface area contributed by atoms with Crippen LogP contribution in [0.25, 0.3) is 0 Å². The van der Waals surface area contributed by atoms with Crippen LogP contribution in [0.1, 0.15) is 51.3 Å². The molecule has 5 nitrogen and oxygen atoms in total. The van der Waals surface area contributed by atoms with E-state index in [-0.39, 0.29) is 28.9 Å². The molecule has 1 atom stereocenters. The van der Waals surface area contributed by atoms with Crippen LogP contribution in [0, 0.1) is 0 Å². The van der Waals surface area contributed by atoms with Gasteiger partial charge in [0.2, 0.25) is 0 Å². The summed E-state index contributed by atoms with van der Waals surface area (Å²) in [6, 6.07) is 14.1. The lowest BCUT2D eigenvalue weighted by Crippen LogP contribution is -2.32. The number of carbonyl (C=O) groups excluding carboxylic acids is 1. The van der Waals surface area contributed by atoms with E-state index in [4.69, 9.17) is 4.74 Å². The summed E-state index contributed by atoms with van der Waals surface area (Å²) in [5.41, 5.74) is 2.13. The topological polar surface area (TPSA) is 72.5 Å². The van der Waals surface area contributed by atoms with Gasteiger partial charge in [-0.2, -0.15) is 0 Å². The van der Waals surface area contributed by atoms with Gasteiger partial charge in [-0.3, -0.25) is 4.79 Å². The first-order valence-electron chi connectivity index (χ1n) is 9.33. The Hall–Kier alpha value is -2.34. The standard InChI is InChI=1S/C22H29NO4S/c1-6-20(16-7-13-19(14-8-16)28(5,25)26)23-21(24)15-27-18-11-9-17(10-12-18)22(2,3)4/h7-14,20H,6,15H2,1-5H3,(H,23,24)/t20-/m1/s1. The molecule has 0 fully saturated rings. The van der Waals surface area contributed by atoms with Gasteiger partial charge in [-0.15, -0.1) is 0 Å². The van der Waals surface area contributed by atoms with Gasteiger partial charge < -0.3 is 10.1 Å². The highest BCUT2D eigenvalue weighted by Crippen LogP contribution is 2.24. The Morgan fingerprint density at radius 1 is 1.04 bits per heavy atom. The lowest BCUT2D eigenvalue weighted by molar-refractivity contribution is -0.123. The Bertz CT molecular complexity index is 895. The summed E-state index contributed by atoms with van der Waals surface area (Å²) in [5.74, 6) is 0.424. The van der Waals surface area contributed by atoms with Crippen molar-refractivity contribution in [3.63, 3.8) is 0 Å². The lowest BCUT2D eigenvalue weighted by atomic mass is 9.87. The molecule has 0 spiro atoms. The van der Waals surface area contributed by atoms with E-state index in [0.717, 1.165) is 5.56 Å². The normalized spacial score (nSPS) is 13.0. The lowest BCUT2D eigenvalue weighted by Gasteiger charge is -2.20. The van der Waals surface area contributed by atoms with Gasteiger partial charge >= 0.3 is 0 Å². The van der Waals surface area contributed by atoms with E-state index in [1.54, 1.807) is 24.3 Å². The maximum atomic E-state index is 12.3. The predicted octanol–water partition coefficient (Wildman–Crippen LogP) is 4.03. The highest BCUT2D eigenvalue weighted by Gasteiger charge is 2.16. The van der Waals surface area contributed by atoms with Crippen molar-refractivity contribution in [3.8, 4) is 5.75 Å². The number of nitrogens with one attached hydrogen (secondary N) is 1. The Morgan fingerprint density at radius 3 is 2.07 bits per heavy atom. The van der Waals surface area contributed by atoms with Crippen LogP contribution in [0.15, 0.2) is 53.4 Å². The van der Waals surface area contributed by atoms with Crippen LogP contribution in [0.5, 0.6) is 5.75 Å². The predicted molar refractivity (Wildman–Crippen MR) is 111 cm³/mol. The van der Waals surface area contributed by atoms with Crippen molar-refractivity contribution in [1.82, 2.24) is 5.32 Å². The summed E-state index contributed by atoms with van der Waals surface area (Å²) < 4.78 is 28.7. The minimum Gasteiger partial charge on any atom is -0.484 e. The molecule has 0 aliphatic carbocycles. The summed E-state index contributed by atoms with van der Waals surface area (Å²) in [5, 5.41) is 2.93. The average molecular weight is 404 g/mol. The zero-order valence-corrected chi connectivity index (χ0v) is 18.0. The van der Waals surface area contributed by atoms with Gasteiger partial charge in [0.05, 0.1) is 10.9 Å². The van der Waals surface area contributed by atoms with Crippen LogP contribution >= 0.6 is 0 Å². The van der Waals surface area contributed by atoms with Crippen molar-refractivity contribution in [3.05, 3.63) is 59.7 Å². The number of rotatable bonds is 7. The van der Waals surface area contributed by atoms with E-state index < -0.39 is 9.84 Å². The van der Waals surface area contributed by atoms with Crippen LogP contribution in [0.2, 0.25) is 0 Å². The summed E-state index contributed by atoms with van der Waals surface area (Å²) in [6.45, 7) is 8.31. The molecule has 2 aromatic rings. The van der Waals surface area contributed by atoms with E-state index in [1.807, 2.05) is 31.2 Å². The summed E-state index contributed by atoms with van der Waals surface area (Å²) in [7, 11) is -3.23. The molecule has 2 rings (SSSR count). The van der Waals surface area contributed by atoms with Crippen molar-refractivity contribution in [2.24, 2.45) is 0 Å². The van der Waals surface area contributed by atoms with Crippen LogP contribution in [-0.2, 0) is 20.0 Å². The zero-order valence-electron chi connectivity index (χ0n) is 17.2. The molecule has 6 heteroatoms. The Balaban J connectivity index is 1.95. The summed E-state index contributed by atoms with van der Waals surface area (Å²) in [6.07, 6.45) is 1.86. The second-order valence-corrected chi connectivity index (χ2v) is 9.95. The van der Waals surface area contributed by atoms with E-state index in [9.17, 15) is 13.2 Å². The first kappa shape index (κ1) is 22.0. The fourth-order valence-electron chi connectivity index (χ4n) is 2.80. The van der Waals surface area contributed by atoms with E-state index in [1.165, 1.54) is 11.8 Å². The minimum atomic E-state index is -3.23. The second kappa shape index (κ2) is 8.78. The highest BCUT2D eigenvalue weighted by molar-refractivity contribution is 7.90. The van der Waals surface area contributed by atoms with Gasteiger partial charge in [0.25, 0.3) is 5.91 Å². The number of sulfone groups is 1. The smallest absolute Gasteiger partial charge is 0.258 e. The molecule has 0 unspecified atom stereocenters. The van der Waals surface area contributed by atoms with Gasteiger partial charge in [-0.1, -0.05) is 52.0 Å². The fourth-order valence-corrected chi connectivity index (χ4v) is 3.43. The Kier molecular flexibility index (Phi) is 6.88. The molecule has 0 aromatic heterocycles. The highest BCUT2D eigenvalue weighted by atomic mass is 32.2. The summed E-state index contributed by atoms with van der Waals surface area (Å²) >= 11 is 0. The molecule has 0 aliphatic rings. The number of amides is 1. The molecule has 152 valence electrons. The molecule has 1 amide bonds. The number of benzene rings is 2. The number of hydrogen-bond acceptors (Lipinski definition) is 4. The van der Waals surface area contributed by atoms with Crippen molar-refractivity contribution in [2.75, 3.05) is 12.9 Å². The molecule has 2 aromatic carbocycles. The number of ether oxygens (including phenoxy) is 1. The van der Waals surface area contributed by atoms with Crippen LogP contribution < -0.4 is 10.1 Å². The third-order valence-corrected chi connectivity index (χ3v) is 5.67. The largest absolute Gasteiger partial charge is 0.484 e. The van der Waals surface area contributed by atoms with Gasteiger partial charge in [0.15, 0.2) is 16.4 Å². The third kappa shape index (κ3) is 6.09. The first-order chi connectivity index (χ1) is 13.0. The van der Waals surface area contributed by atoms with Crippen molar-refractivity contribution >= 4 is 15.7 Å². The molecule has 28 heavy (non-hydrogen) atoms. The van der Waals surface area contributed by atoms with Crippen molar-refractivity contribution in [1.29, 1.82) is 0 Å². The molecule has 0 radical (unpaired) electrons. The molecular formula is C22H29NO4S. The van der Waals surface area contributed by atoms with Gasteiger partial charge in [-0.05, 0) is 47.2 Å². The van der Waals surface area contributed by atoms with Crippen LogP contribution in [0.3, 0.4) is 0 Å². The fraction of sp³-hybridized carbons (Fsp3) is 0.409. The Morgan fingerprint density at radius 2 is 1.61 bits per heavy atom. The third-order valence-electron chi connectivity index (χ3n) is 4.54. The maximum Gasteiger partial charge on any atom is 0.258 e. The SMILES string of the molecule is CC[C@@H](NC(=O)COc1ccc(C(C)(C)C)cc1)c1ccc(S(C)(=O)=O)cc1. The van der Waals surface area contributed by atoms with Crippen molar-refractivity contribution in [2.45, 2.75) is 50.5 Å². The zero-order chi connectivity index (χ0) is 20.9. The van der Waals surface area contributed by atoms with E-state index in [2.05, 4.69) is 26.1 Å². The molecule has 0 saturated carbocycles. The molecule has 0 aliphatic heterocycles. The van der Waals surface area contributed by atoms with Crippen molar-refractivity contribution < 1.29 is 17.9 Å². The molecule has 0 bridgehead atoms. The maximum absolute atomic E-state index is 12.3. The van der Waals surface area contributed by atoms with Gasteiger partial charge in [0.1, 0.15) is 5.75 Å². The average Bonchev–Trinajstić information content (AvgIpc) is 2.63. The molecule has 0 saturated heterocycles. The summed E-state index contributed by atoms with van der Waals surface area (Å²) in [4.78, 5) is 12.5. The first-order valence-corrected chi connectivity index (χ1v) is 11.2. The van der Waals surface area contributed by atoms with Crippen LogP contribution in [0.4, 0.5) is 0 Å². The van der Waals surface area contributed by atoms with Gasteiger partial charge in [0, 0.05) is 6.26 Å². The molecular weight excluding hydrogens is 374 g/mol. The molecule has 1 N–H and O–H groups in total. The quantitative estimate of drug-likeness (QED) is 0.757.